The molecule has 0 spiro atoms. The molecule has 0 unspecified atom stereocenters. The summed E-state index contributed by atoms with van der Waals surface area (Å²) in [5.41, 5.74) is 3.06. The molecule has 0 saturated heterocycles. The van der Waals surface area contributed by atoms with E-state index in [-0.39, 0.29) is 17.7 Å². The van der Waals surface area contributed by atoms with Crippen LogP contribution in [0.2, 0.25) is 0 Å². The first-order valence-corrected chi connectivity index (χ1v) is 10.3. The molecule has 3 nitrogen and oxygen atoms in total. The summed E-state index contributed by atoms with van der Waals surface area (Å²) in [6.07, 6.45) is 9.60. The van der Waals surface area contributed by atoms with Gasteiger partial charge in [-0.25, -0.2) is 4.39 Å². The predicted octanol–water partition coefficient (Wildman–Crippen LogP) is 5.93. The third-order valence-electron chi connectivity index (χ3n) is 5.77. The SMILES string of the molecule is COC(=O)CCc1cccc(/C=C/C2CCC(c3cc(OC)ccc3F)CC2)c1. The van der Waals surface area contributed by atoms with Gasteiger partial charge in [0.05, 0.1) is 14.2 Å². The third kappa shape index (κ3) is 5.93. The minimum Gasteiger partial charge on any atom is -0.497 e. The lowest BCUT2D eigenvalue weighted by Gasteiger charge is -2.27. The Kier molecular flexibility index (Phi) is 7.45. The minimum absolute atomic E-state index is 0.131. The van der Waals surface area contributed by atoms with E-state index in [1.165, 1.54) is 13.2 Å². The lowest BCUT2D eigenvalue weighted by Crippen LogP contribution is -2.13. The zero-order valence-corrected chi connectivity index (χ0v) is 17.2. The van der Waals surface area contributed by atoms with Crippen molar-refractivity contribution >= 4 is 12.0 Å². The summed E-state index contributed by atoms with van der Waals surface area (Å²) in [6.45, 7) is 0. The van der Waals surface area contributed by atoms with Crippen LogP contribution in [-0.2, 0) is 16.0 Å². The van der Waals surface area contributed by atoms with E-state index in [0.717, 1.165) is 48.1 Å². The number of esters is 1. The summed E-state index contributed by atoms with van der Waals surface area (Å²) < 4.78 is 24.2. The van der Waals surface area contributed by atoms with Gasteiger partial charge >= 0.3 is 5.97 Å². The summed E-state index contributed by atoms with van der Waals surface area (Å²) in [5.74, 6) is 1.18. The third-order valence-corrected chi connectivity index (χ3v) is 5.77. The molecule has 0 radical (unpaired) electrons. The van der Waals surface area contributed by atoms with Gasteiger partial charge in [-0.1, -0.05) is 36.4 Å². The van der Waals surface area contributed by atoms with Gasteiger partial charge < -0.3 is 9.47 Å². The monoisotopic (exact) mass is 396 g/mol. The number of rotatable bonds is 7. The largest absolute Gasteiger partial charge is 0.497 e. The Morgan fingerprint density at radius 2 is 1.90 bits per heavy atom. The molecular weight excluding hydrogens is 367 g/mol. The van der Waals surface area contributed by atoms with Gasteiger partial charge in [0.15, 0.2) is 0 Å². The van der Waals surface area contributed by atoms with E-state index < -0.39 is 0 Å². The Hall–Kier alpha value is -2.62. The molecule has 1 aliphatic carbocycles. The van der Waals surface area contributed by atoms with Crippen molar-refractivity contribution in [3.63, 3.8) is 0 Å². The number of carbonyl (C=O) groups excluding carboxylic acids is 1. The summed E-state index contributed by atoms with van der Waals surface area (Å²) in [6, 6.07) is 13.3. The summed E-state index contributed by atoms with van der Waals surface area (Å²) in [4.78, 5) is 11.3. The van der Waals surface area contributed by atoms with Crippen LogP contribution in [0.4, 0.5) is 4.39 Å². The maximum absolute atomic E-state index is 14.2. The van der Waals surface area contributed by atoms with Crippen molar-refractivity contribution in [1.82, 2.24) is 0 Å². The van der Waals surface area contributed by atoms with Gasteiger partial charge in [-0.2, -0.15) is 0 Å². The second-order valence-corrected chi connectivity index (χ2v) is 7.68. The van der Waals surface area contributed by atoms with Crippen LogP contribution in [-0.4, -0.2) is 20.2 Å². The fourth-order valence-corrected chi connectivity index (χ4v) is 4.03. The van der Waals surface area contributed by atoms with Crippen molar-refractivity contribution in [3.8, 4) is 5.75 Å². The molecule has 154 valence electrons. The molecule has 1 saturated carbocycles. The average Bonchev–Trinajstić information content (AvgIpc) is 2.77. The maximum atomic E-state index is 14.2. The van der Waals surface area contributed by atoms with E-state index in [9.17, 15) is 9.18 Å². The highest BCUT2D eigenvalue weighted by Gasteiger charge is 2.23. The molecule has 1 aliphatic rings. The molecule has 0 bridgehead atoms. The number of aryl methyl sites for hydroxylation is 1. The van der Waals surface area contributed by atoms with Gasteiger partial charge in [-0.3, -0.25) is 4.79 Å². The van der Waals surface area contributed by atoms with Gasteiger partial charge in [0.1, 0.15) is 11.6 Å². The molecule has 1 fully saturated rings. The molecule has 0 aromatic heterocycles. The first-order chi connectivity index (χ1) is 14.1. The molecule has 0 N–H and O–H groups in total. The van der Waals surface area contributed by atoms with E-state index in [4.69, 9.17) is 9.47 Å². The van der Waals surface area contributed by atoms with Gasteiger partial charge in [0.2, 0.25) is 0 Å². The van der Waals surface area contributed by atoms with Crippen LogP contribution in [0.25, 0.3) is 6.08 Å². The van der Waals surface area contributed by atoms with E-state index in [2.05, 4.69) is 24.3 Å². The zero-order chi connectivity index (χ0) is 20.6. The Morgan fingerprint density at radius 1 is 1.10 bits per heavy atom. The first-order valence-electron chi connectivity index (χ1n) is 10.3. The number of methoxy groups -OCH3 is 2. The lowest BCUT2D eigenvalue weighted by molar-refractivity contribution is -0.140. The van der Waals surface area contributed by atoms with Gasteiger partial charge in [-0.15, -0.1) is 0 Å². The van der Waals surface area contributed by atoms with Gasteiger partial charge in [0.25, 0.3) is 0 Å². The molecule has 3 rings (SSSR count). The highest BCUT2D eigenvalue weighted by Crippen LogP contribution is 2.38. The summed E-state index contributed by atoms with van der Waals surface area (Å²) in [7, 11) is 3.03. The Morgan fingerprint density at radius 3 is 2.62 bits per heavy atom. The van der Waals surface area contributed by atoms with Crippen molar-refractivity contribution < 1.29 is 18.7 Å². The van der Waals surface area contributed by atoms with Crippen LogP contribution in [0.15, 0.2) is 48.5 Å². The number of hydrogen-bond acceptors (Lipinski definition) is 3. The molecule has 0 heterocycles. The van der Waals surface area contributed by atoms with Crippen molar-refractivity contribution in [2.45, 2.75) is 44.4 Å². The topological polar surface area (TPSA) is 35.5 Å². The normalized spacial score (nSPS) is 19.3. The predicted molar refractivity (Wildman–Crippen MR) is 113 cm³/mol. The Labute approximate surface area is 172 Å². The van der Waals surface area contributed by atoms with Crippen molar-refractivity contribution in [2.75, 3.05) is 14.2 Å². The van der Waals surface area contributed by atoms with Crippen LogP contribution in [0.3, 0.4) is 0 Å². The molecule has 0 aliphatic heterocycles. The lowest BCUT2D eigenvalue weighted by atomic mass is 9.78. The number of allylic oxidation sites excluding steroid dienone is 1. The molecular formula is C25H29FO3. The number of halogens is 1. The van der Waals surface area contributed by atoms with Crippen LogP contribution >= 0.6 is 0 Å². The first kappa shape index (κ1) is 21.1. The molecule has 0 atom stereocenters. The fourth-order valence-electron chi connectivity index (χ4n) is 4.03. The second kappa shape index (κ2) is 10.2. The van der Waals surface area contributed by atoms with Crippen molar-refractivity contribution in [1.29, 1.82) is 0 Å². The zero-order valence-electron chi connectivity index (χ0n) is 17.2. The highest BCUT2D eigenvalue weighted by molar-refractivity contribution is 5.69. The molecule has 29 heavy (non-hydrogen) atoms. The molecule has 2 aromatic rings. The minimum atomic E-state index is -0.185. The number of ether oxygens (including phenoxy) is 2. The van der Waals surface area contributed by atoms with E-state index in [1.807, 2.05) is 18.2 Å². The van der Waals surface area contributed by atoms with Gasteiger partial charge in [-0.05, 0) is 78.8 Å². The summed E-state index contributed by atoms with van der Waals surface area (Å²) in [5, 5.41) is 0. The maximum Gasteiger partial charge on any atom is 0.305 e. The highest BCUT2D eigenvalue weighted by atomic mass is 19.1. The number of hydrogen-bond donors (Lipinski definition) is 0. The van der Waals surface area contributed by atoms with E-state index in [0.29, 0.717) is 18.8 Å². The van der Waals surface area contributed by atoms with Crippen LogP contribution < -0.4 is 4.74 Å². The quantitative estimate of drug-likeness (QED) is 0.544. The Balaban J connectivity index is 1.55. The summed E-state index contributed by atoms with van der Waals surface area (Å²) >= 11 is 0. The average molecular weight is 397 g/mol. The second-order valence-electron chi connectivity index (χ2n) is 7.68. The smallest absolute Gasteiger partial charge is 0.305 e. The van der Waals surface area contributed by atoms with E-state index >= 15 is 0 Å². The number of benzene rings is 2. The molecule has 4 heteroatoms. The fraction of sp³-hybridized carbons (Fsp3) is 0.400. The molecule has 2 aromatic carbocycles. The van der Waals surface area contributed by atoms with Crippen molar-refractivity contribution in [2.24, 2.45) is 5.92 Å². The van der Waals surface area contributed by atoms with Crippen LogP contribution in [0.1, 0.15) is 54.7 Å². The standard InChI is InChI=1S/C25H29FO3/c1-28-22-13-14-24(26)23(17-22)21-11-8-18(9-12-21)6-7-19-4-3-5-20(16-19)10-15-25(27)29-2/h3-7,13-14,16-18,21H,8-12,15H2,1-2H3/b7-6+. The van der Waals surface area contributed by atoms with Crippen molar-refractivity contribution in [3.05, 3.63) is 71.0 Å². The van der Waals surface area contributed by atoms with Crippen LogP contribution in [0, 0.1) is 11.7 Å². The van der Waals surface area contributed by atoms with Gasteiger partial charge in [0, 0.05) is 6.42 Å². The van der Waals surface area contributed by atoms with E-state index in [1.54, 1.807) is 13.2 Å². The Bertz CT molecular complexity index is 851. The molecule has 0 amide bonds. The number of carbonyl (C=O) groups is 1. The van der Waals surface area contributed by atoms with Crippen LogP contribution in [0.5, 0.6) is 5.75 Å².